The van der Waals surface area contributed by atoms with Gasteiger partial charge in [-0.25, -0.2) is 0 Å². The molecule has 1 aromatic rings. The van der Waals surface area contributed by atoms with Crippen molar-refractivity contribution in [2.45, 2.75) is 63.5 Å². The Hall–Kier alpha value is -0.426. The second-order valence-corrected chi connectivity index (χ2v) is 25.9. The zero-order valence-corrected chi connectivity index (χ0v) is 21.4. The third-order valence-electron chi connectivity index (χ3n) is 5.37. The van der Waals surface area contributed by atoms with Gasteiger partial charge in [-0.05, 0) is 19.3 Å². The maximum absolute atomic E-state index is 6.39. The quantitative estimate of drug-likeness (QED) is 0.339. The molecule has 1 atom stereocenters. The molecule has 0 radical (unpaired) electrons. The summed E-state index contributed by atoms with van der Waals surface area (Å²) in [7, 11) is -2.99. The molecule has 0 spiro atoms. The summed E-state index contributed by atoms with van der Waals surface area (Å²) in [5.74, 6) is 1.10. The lowest BCUT2D eigenvalue weighted by Gasteiger charge is -2.43. The van der Waals surface area contributed by atoms with Crippen LogP contribution in [0.1, 0.15) is 24.8 Å². The Morgan fingerprint density at radius 2 is 1.44 bits per heavy atom. The molecule has 1 aromatic carbocycles. The van der Waals surface area contributed by atoms with Gasteiger partial charge in [0, 0.05) is 18.7 Å². The predicted octanol–water partition coefficient (Wildman–Crippen LogP) is 5.81. The van der Waals surface area contributed by atoms with Gasteiger partial charge >= 0.3 is 0 Å². The first-order valence-corrected chi connectivity index (χ1v) is 20.1. The number of piperidine rings is 1. The second kappa shape index (κ2) is 7.77. The lowest BCUT2D eigenvalue weighted by molar-refractivity contribution is 0.346. The van der Waals surface area contributed by atoms with Gasteiger partial charge < -0.3 is 17.1 Å². The molecule has 27 heavy (non-hydrogen) atoms. The van der Waals surface area contributed by atoms with E-state index in [1.807, 2.05) is 0 Å². The molecule has 2 heterocycles. The molecule has 0 N–H and O–H groups in total. The first-order chi connectivity index (χ1) is 12.5. The molecule has 1 unspecified atom stereocenters. The molecule has 148 valence electrons. The summed E-state index contributed by atoms with van der Waals surface area (Å²) in [6.45, 7) is 14.8. The number of amidine groups is 1. The summed E-state index contributed by atoms with van der Waals surface area (Å²) in [4.78, 5) is 3.00. The van der Waals surface area contributed by atoms with Gasteiger partial charge in [-0.1, -0.05) is 69.6 Å². The zero-order chi connectivity index (χ0) is 19.9. The van der Waals surface area contributed by atoms with Crippen LogP contribution in [0.2, 0.25) is 39.3 Å². The van der Waals surface area contributed by atoms with Crippen molar-refractivity contribution >= 4 is 46.7 Å². The van der Waals surface area contributed by atoms with Gasteiger partial charge in [0.1, 0.15) is 6.77 Å². The average Bonchev–Trinajstić information content (AvgIpc) is 2.91. The molecule has 0 bridgehead atoms. The molecular formula is C20H34N3PSSi2. The average molecular weight is 436 g/mol. The van der Waals surface area contributed by atoms with Crippen LogP contribution in [0, 0.1) is 0 Å². The van der Waals surface area contributed by atoms with Gasteiger partial charge in [0.15, 0.2) is 11.5 Å². The maximum atomic E-state index is 6.39. The smallest absolute Gasteiger partial charge is 0.196 e. The van der Waals surface area contributed by atoms with E-state index in [-0.39, 0.29) is 0 Å². The molecule has 0 aliphatic carbocycles. The van der Waals surface area contributed by atoms with Crippen LogP contribution in [-0.2, 0) is 12.2 Å². The van der Waals surface area contributed by atoms with Crippen molar-refractivity contribution in [1.29, 1.82) is 0 Å². The van der Waals surface area contributed by atoms with E-state index in [0.29, 0.717) is 4.91 Å². The van der Waals surface area contributed by atoms with Crippen LogP contribution >= 0.6 is 6.77 Å². The van der Waals surface area contributed by atoms with Crippen LogP contribution < -0.4 is 0 Å². The van der Waals surface area contributed by atoms with Crippen LogP contribution in [0.5, 0.6) is 0 Å². The molecule has 3 rings (SSSR count). The second-order valence-electron chi connectivity index (χ2n) is 10.0. The van der Waals surface area contributed by atoms with Crippen molar-refractivity contribution < 1.29 is 0 Å². The number of benzene rings is 1. The molecular weight excluding hydrogens is 401 g/mol. The molecule has 0 saturated carbocycles. The molecule has 1 fully saturated rings. The molecule has 1 saturated heterocycles. The van der Waals surface area contributed by atoms with Crippen LogP contribution in [-0.4, -0.2) is 50.6 Å². The summed E-state index contributed by atoms with van der Waals surface area (Å²) in [6.07, 6.45) is 3.81. The normalized spacial score (nSPS) is 24.2. The Kier molecular flexibility index (Phi) is 6.13. The van der Waals surface area contributed by atoms with E-state index in [9.17, 15) is 0 Å². The first kappa shape index (κ1) is 21.3. The van der Waals surface area contributed by atoms with Crippen LogP contribution in [0.25, 0.3) is 0 Å². The van der Waals surface area contributed by atoms with Gasteiger partial charge in [0.05, 0.1) is 21.1 Å². The topological polar surface area (TPSA) is 28.0 Å². The Labute approximate surface area is 173 Å². The summed E-state index contributed by atoms with van der Waals surface area (Å²) < 4.78 is 10.7. The zero-order valence-electron chi connectivity index (χ0n) is 17.7. The van der Waals surface area contributed by atoms with Crippen LogP contribution in [0.3, 0.4) is 0 Å². The molecule has 2 aliphatic rings. The molecule has 3 nitrogen and oxygen atoms in total. The van der Waals surface area contributed by atoms with Gasteiger partial charge in [-0.15, -0.1) is 9.53 Å². The number of hydrogen-bond acceptors (Lipinski definition) is 4. The fourth-order valence-corrected chi connectivity index (χ4v) is 31.5. The lowest BCUT2D eigenvalue weighted by atomic mass is 10.1. The van der Waals surface area contributed by atoms with Crippen LogP contribution in [0.4, 0.5) is 0 Å². The minimum absolute atomic E-state index is 0.536. The Balaban J connectivity index is 2.12. The van der Waals surface area contributed by atoms with Gasteiger partial charge in [-0.3, -0.25) is 0 Å². The van der Waals surface area contributed by atoms with E-state index < -0.39 is 22.9 Å². The highest BCUT2D eigenvalue weighted by Gasteiger charge is 2.55. The SMILES string of the molecule is C[Si](C)(C)C([Si](C)(C)C)[P+]1([S-])N=C(c2ccccc2)C(N2CCCCC2)=N1. The van der Waals surface area contributed by atoms with Crippen molar-refractivity contribution in [2.24, 2.45) is 9.53 Å². The third kappa shape index (κ3) is 4.60. The standard InChI is InChI=1S/C20H34N3PSSi2/c1-26(2,3)20(27(4,5)6)24(25)21-18(17-13-9-7-10-14-17)19(22-24)23-15-11-8-12-16-23/h7,9-10,13-14,20H,8,11-12,15-16H2,1-6H3. The molecule has 0 amide bonds. The van der Waals surface area contributed by atoms with Gasteiger partial charge in [-0.2, -0.15) is 0 Å². The summed E-state index contributed by atoms with van der Waals surface area (Å²) >= 11 is 6.39. The Morgan fingerprint density at radius 1 is 0.889 bits per heavy atom. The van der Waals surface area contributed by atoms with Gasteiger partial charge in [0.25, 0.3) is 0 Å². The molecule has 7 heteroatoms. The van der Waals surface area contributed by atoms with E-state index >= 15 is 0 Å². The number of hydrogen-bond donors (Lipinski definition) is 0. The number of likely N-dealkylation sites (tertiary alicyclic amines) is 1. The Morgan fingerprint density at radius 3 is 1.96 bits per heavy atom. The lowest BCUT2D eigenvalue weighted by Crippen LogP contribution is -2.53. The fraction of sp³-hybridized carbons (Fsp3) is 0.600. The third-order valence-corrected chi connectivity index (χ3v) is 24.5. The van der Waals surface area contributed by atoms with Crippen LogP contribution in [0.15, 0.2) is 39.9 Å². The maximum Gasteiger partial charge on any atom is 0.196 e. The fourth-order valence-electron chi connectivity index (χ4n) is 4.92. The van der Waals surface area contributed by atoms with E-state index in [2.05, 4.69) is 74.5 Å². The highest BCUT2D eigenvalue weighted by atomic mass is 32.7. The monoisotopic (exact) mass is 435 g/mol. The van der Waals surface area contributed by atoms with Crippen molar-refractivity contribution in [1.82, 2.24) is 4.90 Å². The molecule has 0 aromatic heterocycles. The predicted molar refractivity (Wildman–Crippen MR) is 131 cm³/mol. The van der Waals surface area contributed by atoms with Crippen molar-refractivity contribution in [3.05, 3.63) is 35.9 Å². The van der Waals surface area contributed by atoms with E-state index in [0.717, 1.165) is 24.6 Å². The van der Waals surface area contributed by atoms with E-state index in [4.69, 9.17) is 21.8 Å². The number of rotatable bonds is 4. The van der Waals surface area contributed by atoms with Crippen molar-refractivity contribution in [3.8, 4) is 0 Å². The first-order valence-electron chi connectivity index (χ1n) is 10.1. The van der Waals surface area contributed by atoms with Crippen molar-refractivity contribution in [2.75, 3.05) is 13.1 Å². The minimum Gasteiger partial charge on any atom is -0.503 e. The van der Waals surface area contributed by atoms with E-state index in [1.54, 1.807) is 0 Å². The summed E-state index contributed by atoms with van der Waals surface area (Å²) in [5.41, 5.74) is 2.25. The highest BCUT2D eigenvalue weighted by Crippen LogP contribution is 2.70. The molecule has 2 aliphatic heterocycles. The van der Waals surface area contributed by atoms with Gasteiger partial charge in [0.2, 0.25) is 0 Å². The highest BCUT2D eigenvalue weighted by molar-refractivity contribution is 8.42. The Bertz CT molecular complexity index is 720. The largest absolute Gasteiger partial charge is 0.503 e. The van der Waals surface area contributed by atoms with Crippen molar-refractivity contribution in [3.63, 3.8) is 0 Å². The summed E-state index contributed by atoms with van der Waals surface area (Å²) in [6, 6.07) is 10.6. The number of nitrogens with zero attached hydrogens (tertiary/aromatic N) is 3. The van der Waals surface area contributed by atoms with E-state index in [1.165, 1.54) is 24.8 Å². The minimum atomic E-state index is -2.18. The summed E-state index contributed by atoms with van der Waals surface area (Å²) in [5, 5.41) is 0.